The molecule has 4 bridgehead atoms. The summed E-state index contributed by atoms with van der Waals surface area (Å²) in [5.41, 5.74) is 0.359. The number of ketones is 1. The quantitative estimate of drug-likeness (QED) is 0.317. The maximum Gasteiger partial charge on any atom is 0.317 e. The molecular weight excluding hydrogens is 368 g/mol. The second-order valence-electron chi connectivity index (χ2n) is 8.08. The highest BCUT2D eigenvalue weighted by molar-refractivity contribution is 9.10. The molecule has 4 atom stereocenters. The Kier molecular flexibility index (Phi) is 3.87. The van der Waals surface area contributed by atoms with E-state index in [1.165, 1.54) is 19.3 Å². The van der Waals surface area contributed by atoms with Crippen molar-refractivity contribution in [1.29, 1.82) is 0 Å². The molecule has 4 aliphatic rings. The molecular formula is C20H23BrO3. The van der Waals surface area contributed by atoms with Crippen molar-refractivity contribution >= 4 is 27.7 Å². The van der Waals surface area contributed by atoms with Gasteiger partial charge in [-0.05, 0) is 74.6 Å². The molecule has 4 saturated carbocycles. The van der Waals surface area contributed by atoms with E-state index in [4.69, 9.17) is 4.74 Å². The fourth-order valence-electron chi connectivity index (χ4n) is 5.52. The average molecular weight is 391 g/mol. The van der Waals surface area contributed by atoms with Crippen molar-refractivity contribution in [3.8, 4) is 5.75 Å². The maximum atomic E-state index is 13.0. The molecule has 1 aromatic rings. The minimum Gasteiger partial charge on any atom is -0.426 e. The summed E-state index contributed by atoms with van der Waals surface area (Å²) in [6.07, 6.45) is 7.01. The van der Waals surface area contributed by atoms with E-state index in [0.717, 1.165) is 19.3 Å². The van der Waals surface area contributed by atoms with E-state index in [1.807, 2.05) is 6.92 Å². The van der Waals surface area contributed by atoms with Crippen LogP contribution in [-0.2, 0) is 4.79 Å². The average Bonchev–Trinajstić information content (AvgIpc) is 2.52. The number of ether oxygens (including phenoxy) is 1. The van der Waals surface area contributed by atoms with Gasteiger partial charge in [0.25, 0.3) is 0 Å². The fraction of sp³-hybridized carbons (Fsp3) is 0.600. The van der Waals surface area contributed by atoms with Gasteiger partial charge in [-0.25, -0.2) is 0 Å². The molecule has 1 aromatic carbocycles. The predicted molar refractivity (Wildman–Crippen MR) is 95.5 cm³/mol. The van der Waals surface area contributed by atoms with E-state index in [0.29, 0.717) is 29.6 Å². The lowest BCUT2D eigenvalue weighted by molar-refractivity contribution is -0.159. The largest absolute Gasteiger partial charge is 0.426 e. The molecule has 0 heterocycles. The molecule has 24 heavy (non-hydrogen) atoms. The zero-order valence-corrected chi connectivity index (χ0v) is 15.6. The summed E-state index contributed by atoms with van der Waals surface area (Å²) in [6.45, 7) is 1.85. The van der Waals surface area contributed by atoms with Gasteiger partial charge >= 0.3 is 5.97 Å². The van der Waals surface area contributed by atoms with Crippen LogP contribution in [0.25, 0.3) is 0 Å². The lowest BCUT2D eigenvalue weighted by Gasteiger charge is -2.58. The lowest BCUT2D eigenvalue weighted by Crippen LogP contribution is -2.56. The van der Waals surface area contributed by atoms with Crippen LogP contribution < -0.4 is 4.74 Å². The summed E-state index contributed by atoms with van der Waals surface area (Å²) in [6, 6.07) is 6.98. The number of alkyl halides is 1. The molecule has 4 fully saturated rings. The third-order valence-electron chi connectivity index (χ3n) is 6.13. The van der Waals surface area contributed by atoms with Crippen LogP contribution in [0.3, 0.4) is 0 Å². The first kappa shape index (κ1) is 16.3. The number of esters is 1. The number of rotatable bonds is 4. The smallest absolute Gasteiger partial charge is 0.317 e. The van der Waals surface area contributed by atoms with E-state index < -0.39 is 0 Å². The van der Waals surface area contributed by atoms with Crippen molar-refractivity contribution < 1.29 is 14.3 Å². The molecule has 0 saturated heterocycles. The Hall–Kier alpha value is -1.16. The Balaban J connectivity index is 1.51. The van der Waals surface area contributed by atoms with Crippen LogP contribution in [0.1, 0.15) is 62.2 Å². The Bertz CT molecular complexity index is 665. The predicted octanol–water partition coefficient (Wildman–Crippen LogP) is 4.92. The lowest BCUT2D eigenvalue weighted by atomic mass is 9.49. The number of halogens is 1. The third kappa shape index (κ3) is 2.73. The second kappa shape index (κ2) is 5.69. The summed E-state index contributed by atoms with van der Waals surface area (Å²) in [4.78, 5) is 24.7. The minimum atomic E-state index is -0.314. The SMILES string of the molecule is CCC(=O)c1ccc(OC(=O)C23C[C@@H]4C[C@@H](CC(Br)(C4)C2)C3)cc1. The standard InChI is InChI=1S/C20H23BrO3/c1-2-17(22)15-3-5-16(6-4-15)24-18(23)19-8-13-7-14(9-19)11-20(21,10-13)12-19/h3-6,13-14H,2,7-12H2,1H3/t13-,14+,19?,20?. The Morgan fingerprint density at radius 3 is 2.29 bits per heavy atom. The van der Waals surface area contributed by atoms with Crippen LogP contribution in [-0.4, -0.2) is 16.1 Å². The number of hydrogen-bond donors (Lipinski definition) is 0. The number of hydrogen-bond acceptors (Lipinski definition) is 3. The molecule has 0 radical (unpaired) electrons. The topological polar surface area (TPSA) is 43.4 Å². The number of benzene rings is 1. The highest BCUT2D eigenvalue weighted by Crippen LogP contribution is 2.64. The van der Waals surface area contributed by atoms with E-state index in [2.05, 4.69) is 15.9 Å². The van der Waals surface area contributed by atoms with Crippen molar-refractivity contribution in [3.05, 3.63) is 29.8 Å². The van der Waals surface area contributed by atoms with Crippen molar-refractivity contribution in [2.45, 2.75) is 56.2 Å². The minimum absolute atomic E-state index is 0.0741. The first-order chi connectivity index (χ1) is 11.4. The Morgan fingerprint density at radius 2 is 1.75 bits per heavy atom. The molecule has 0 amide bonds. The van der Waals surface area contributed by atoms with Gasteiger partial charge in [-0.1, -0.05) is 22.9 Å². The van der Waals surface area contributed by atoms with Crippen LogP contribution >= 0.6 is 15.9 Å². The molecule has 0 N–H and O–H groups in total. The van der Waals surface area contributed by atoms with Crippen LogP contribution in [0, 0.1) is 17.3 Å². The third-order valence-corrected chi connectivity index (χ3v) is 7.06. The van der Waals surface area contributed by atoms with Crippen LogP contribution in [0.2, 0.25) is 0 Å². The van der Waals surface area contributed by atoms with Gasteiger partial charge in [0.15, 0.2) is 5.78 Å². The molecule has 2 unspecified atom stereocenters. The van der Waals surface area contributed by atoms with E-state index in [1.54, 1.807) is 24.3 Å². The molecule has 0 aromatic heterocycles. The molecule has 4 aliphatic carbocycles. The molecule has 0 spiro atoms. The summed E-state index contributed by atoms with van der Waals surface area (Å²) < 4.78 is 5.89. The van der Waals surface area contributed by atoms with E-state index in [9.17, 15) is 9.59 Å². The van der Waals surface area contributed by atoms with Gasteiger partial charge in [0.05, 0.1) is 5.41 Å². The maximum absolute atomic E-state index is 13.0. The van der Waals surface area contributed by atoms with E-state index in [-0.39, 0.29) is 21.5 Å². The Morgan fingerprint density at radius 1 is 1.12 bits per heavy atom. The molecule has 128 valence electrons. The molecule has 5 rings (SSSR count). The van der Waals surface area contributed by atoms with Crippen LogP contribution in [0.4, 0.5) is 0 Å². The summed E-state index contributed by atoms with van der Waals surface area (Å²) >= 11 is 3.93. The van der Waals surface area contributed by atoms with Gasteiger partial charge in [-0.15, -0.1) is 0 Å². The van der Waals surface area contributed by atoms with E-state index >= 15 is 0 Å². The van der Waals surface area contributed by atoms with Gasteiger partial charge in [-0.2, -0.15) is 0 Å². The van der Waals surface area contributed by atoms with Crippen molar-refractivity contribution in [2.75, 3.05) is 0 Å². The number of Topliss-reactive ketones (excluding diaryl/α,β-unsaturated/α-hetero) is 1. The monoisotopic (exact) mass is 390 g/mol. The van der Waals surface area contributed by atoms with Gasteiger partial charge in [0.2, 0.25) is 0 Å². The van der Waals surface area contributed by atoms with Crippen molar-refractivity contribution in [3.63, 3.8) is 0 Å². The molecule has 3 nitrogen and oxygen atoms in total. The van der Waals surface area contributed by atoms with Crippen molar-refractivity contribution in [1.82, 2.24) is 0 Å². The fourth-order valence-corrected chi connectivity index (χ4v) is 6.97. The zero-order chi connectivity index (χ0) is 16.9. The normalized spacial score (nSPS) is 36.6. The zero-order valence-electron chi connectivity index (χ0n) is 14.0. The van der Waals surface area contributed by atoms with Gasteiger partial charge in [0.1, 0.15) is 5.75 Å². The summed E-state index contributed by atoms with van der Waals surface area (Å²) in [5, 5.41) is 0. The molecule has 4 heteroatoms. The molecule has 0 aliphatic heterocycles. The van der Waals surface area contributed by atoms with Crippen LogP contribution in [0.5, 0.6) is 5.75 Å². The number of carbonyl (C=O) groups is 2. The second-order valence-corrected chi connectivity index (χ2v) is 9.77. The highest BCUT2D eigenvalue weighted by atomic mass is 79.9. The van der Waals surface area contributed by atoms with Crippen LogP contribution in [0.15, 0.2) is 24.3 Å². The first-order valence-corrected chi connectivity index (χ1v) is 9.75. The summed E-state index contributed by atoms with van der Waals surface area (Å²) in [7, 11) is 0. The van der Waals surface area contributed by atoms with Gasteiger partial charge in [0, 0.05) is 16.3 Å². The first-order valence-electron chi connectivity index (χ1n) is 8.96. The highest BCUT2D eigenvalue weighted by Gasteiger charge is 2.60. The van der Waals surface area contributed by atoms with Crippen molar-refractivity contribution in [2.24, 2.45) is 17.3 Å². The van der Waals surface area contributed by atoms with Gasteiger partial charge in [-0.3, -0.25) is 9.59 Å². The number of carbonyl (C=O) groups excluding carboxylic acids is 2. The van der Waals surface area contributed by atoms with Gasteiger partial charge < -0.3 is 4.74 Å². The Labute approximate surface area is 151 Å². The summed E-state index contributed by atoms with van der Waals surface area (Å²) in [5.74, 6) is 1.89.